The van der Waals surface area contributed by atoms with E-state index in [1.54, 1.807) is 12.2 Å². The van der Waals surface area contributed by atoms with Gasteiger partial charge in [-0.1, -0.05) is 36.3 Å². The van der Waals surface area contributed by atoms with Gasteiger partial charge in [0, 0.05) is 36.4 Å². The highest BCUT2D eigenvalue weighted by atomic mass is 32.1. The Morgan fingerprint density at radius 2 is 2.04 bits per heavy atom. The summed E-state index contributed by atoms with van der Waals surface area (Å²) < 4.78 is 0. The molecule has 5 nitrogen and oxygen atoms in total. The Morgan fingerprint density at radius 1 is 1.18 bits per heavy atom. The molecular weight excluding hydrogens is 369 g/mol. The Labute approximate surface area is 171 Å². The number of ketones is 1. The van der Waals surface area contributed by atoms with E-state index in [1.165, 1.54) is 0 Å². The molecule has 2 heterocycles. The summed E-state index contributed by atoms with van der Waals surface area (Å²) in [5.41, 5.74) is 9.61. The molecule has 0 fully saturated rings. The summed E-state index contributed by atoms with van der Waals surface area (Å²) >= 11 is 0. The van der Waals surface area contributed by atoms with Crippen LogP contribution in [0, 0.1) is 0 Å². The molecule has 0 amide bonds. The number of Topliss-reactive ketones (excluding diaryl/α,β-unsaturated/α-hetero) is 1. The predicted octanol–water partition coefficient (Wildman–Crippen LogP) is 2.66. The topological polar surface area (TPSA) is 88.2 Å². The number of aromatic nitrogens is 1. The van der Waals surface area contributed by atoms with Gasteiger partial charge in [0.15, 0.2) is 0 Å². The largest absolute Gasteiger partial charge is 0.438 e. The zero-order chi connectivity index (χ0) is 18.8. The molecular formula is C21H22BN3O2S. The monoisotopic (exact) mass is 391 g/mol. The Hall–Kier alpha value is -2.61. The maximum absolute atomic E-state index is 12.9. The first-order chi connectivity index (χ1) is 13.1. The van der Waals surface area contributed by atoms with Gasteiger partial charge in [0.2, 0.25) is 0 Å². The summed E-state index contributed by atoms with van der Waals surface area (Å²) in [6.07, 6.45) is 5.76. The van der Waals surface area contributed by atoms with Crippen molar-refractivity contribution in [1.82, 2.24) is 4.98 Å². The maximum Gasteiger partial charge on any atom is 0.438 e. The molecule has 2 aromatic carbocycles. The van der Waals surface area contributed by atoms with Crippen LogP contribution in [0.3, 0.4) is 0 Å². The van der Waals surface area contributed by atoms with Crippen LogP contribution in [0.2, 0.25) is 0 Å². The van der Waals surface area contributed by atoms with Crippen molar-refractivity contribution in [3.05, 3.63) is 77.5 Å². The van der Waals surface area contributed by atoms with Crippen LogP contribution in [0.5, 0.6) is 0 Å². The van der Waals surface area contributed by atoms with Crippen LogP contribution in [0.25, 0.3) is 16.8 Å². The number of pyridine rings is 1. The van der Waals surface area contributed by atoms with E-state index in [0.29, 0.717) is 6.42 Å². The first-order valence-electron chi connectivity index (χ1n) is 8.96. The molecule has 1 aliphatic rings. The highest BCUT2D eigenvalue weighted by Crippen LogP contribution is 2.27. The first-order valence-corrected chi connectivity index (χ1v) is 8.96. The molecule has 0 unspecified atom stereocenters. The summed E-state index contributed by atoms with van der Waals surface area (Å²) in [4.78, 5) is 17.0. The van der Waals surface area contributed by atoms with Gasteiger partial charge in [0.1, 0.15) is 5.78 Å². The van der Waals surface area contributed by atoms with Gasteiger partial charge in [-0.25, -0.2) is 0 Å². The lowest BCUT2D eigenvalue weighted by Gasteiger charge is -2.19. The molecule has 0 bridgehead atoms. The normalized spacial score (nSPS) is 13.4. The number of hydrogen-bond acceptors (Lipinski definition) is 5. The Morgan fingerprint density at radius 3 is 2.86 bits per heavy atom. The van der Waals surface area contributed by atoms with Crippen molar-refractivity contribution in [3.63, 3.8) is 0 Å². The van der Waals surface area contributed by atoms with Gasteiger partial charge >= 0.3 is 7.05 Å². The van der Waals surface area contributed by atoms with Crippen LogP contribution in [-0.4, -0.2) is 29.4 Å². The first kappa shape index (κ1) is 20.1. The average Bonchev–Trinajstić information content (AvgIpc) is 2.68. The van der Waals surface area contributed by atoms with E-state index in [2.05, 4.69) is 10.2 Å². The van der Waals surface area contributed by atoms with Crippen molar-refractivity contribution in [2.75, 3.05) is 11.8 Å². The highest BCUT2D eigenvalue weighted by molar-refractivity contribution is 7.59. The smallest absolute Gasteiger partial charge is 0.429 e. The van der Waals surface area contributed by atoms with Crippen LogP contribution in [0.1, 0.15) is 22.6 Å². The van der Waals surface area contributed by atoms with Gasteiger partial charge in [-0.15, -0.1) is 0 Å². The lowest BCUT2D eigenvalue weighted by molar-refractivity contribution is -0.119. The van der Waals surface area contributed by atoms with Gasteiger partial charge < -0.3 is 16.0 Å². The van der Waals surface area contributed by atoms with E-state index in [0.717, 1.165) is 33.2 Å². The molecule has 4 N–H and O–H groups in total. The number of nitrogens with zero attached hydrogens (tertiary/aromatic N) is 1. The lowest BCUT2D eigenvalue weighted by Crippen LogP contribution is -2.26. The maximum atomic E-state index is 12.9. The molecule has 1 aromatic heterocycles. The molecule has 0 spiro atoms. The van der Waals surface area contributed by atoms with E-state index in [4.69, 9.17) is 5.73 Å². The van der Waals surface area contributed by atoms with Gasteiger partial charge in [0.25, 0.3) is 0 Å². The number of anilines is 1. The van der Waals surface area contributed by atoms with Crippen LogP contribution < -0.4 is 11.0 Å². The number of fused-ring (bicyclic) bond motifs is 2. The molecule has 28 heavy (non-hydrogen) atoms. The van der Waals surface area contributed by atoms with E-state index < -0.39 is 7.05 Å². The third-order valence-electron chi connectivity index (χ3n) is 4.95. The van der Waals surface area contributed by atoms with Gasteiger partial charge in [-0.3, -0.25) is 9.78 Å². The second kappa shape index (κ2) is 8.60. The molecule has 1 aliphatic heterocycles. The van der Waals surface area contributed by atoms with Crippen molar-refractivity contribution >= 4 is 48.9 Å². The molecule has 0 radical (unpaired) electrons. The van der Waals surface area contributed by atoms with Crippen molar-refractivity contribution in [2.24, 2.45) is 5.73 Å². The van der Waals surface area contributed by atoms with Crippen LogP contribution >= 0.6 is 13.5 Å². The minimum absolute atomic E-state index is 0. The molecule has 3 aromatic rings. The molecule has 142 valence electrons. The van der Waals surface area contributed by atoms with E-state index in [9.17, 15) is 9.82 Å². The zero-order valence-corrected chi connectivity index (χ0v) is 16.3. The number of rotatable bonds is 5. The van der Waals surface area contributed by atoms with Gasteiger partial charge in [-0.2, -0.15) is 13.5 Å². The summed E-state index contributed by atoms with van der Waals surface area (Å²) in [5, 5.41) is 14.7. The molecule has 7 heteroatoms. The molecule has 0 aliphatic carbocycles. The quantitative estimate of drug-likeness (QED) is 0.582. The van der Waals surface area contributed by atoms with Crippen molar-refractivity contribution in [1.29, 1.82) is 0 Å². The molecule has 0 saturated heterocycles. The van der Waals surface area contributed by atoms with E-state index in [-0.39, 0.29) is 31.7 Å². The summed E-state index contributed by atoms with van der Waals surface area (Å²) in [6.45, 7) is 0.259. The minimum atomic E-state index is -0.682. The van der Waals surface area contributed by atoms with Crippen LogP contribution in [0.4, 0.5) is 5.69 Å². The number of carbonyl (C=O) groups excluding carboxylic acids is 1. The van der Waals surface area contributed by atoms with Gasteiger partial charge in [-0.05, 0) is 40.3 Å². The summed E-state index contributed by atoms with van der Waals surface area (Å²) in [5.74, 6) is 1.41. The summed E-state index contributed by atoms with van der Waals surface area (Å²) in [7, 11) is -0.682. The number of carbonyl (C=O) groups is 1. The number of nitrogens with one attached hydrogen (secondary N) is 1. The van der Waals surface area contributed by atoms with Crippen molar-refractivity contribution in [3.8, 4) is 0 Å². The Bertz CT molecular complexity index is 1040. The van der Waals surface area contributed by atoms with E-state index in [1.807, 2.05) is 54.7 Å². The zero-order valence-electron chi connectivity index (χ0n) is 15.3. The summed E-state index contributed by atoms with van der Waals surface area (Å²) in [6, 6.07) is 13.7. The third-order valence-corrected chi connectivity index (χ3v) is 4.95. The highest BCUT2D eigenvalue weighted by Gasteiger charge is 2.22. The third kappa shape index (κ3) is 4.12. The van der Waals surface area contributed by atoms with Crippen LogP contribution in [0.15, 0.2) is 60.8 Å². The fourth-order valence-corrected chi connectivity index (χ4v) is 3.49. The number of nitrogens with two attached hydrogens (primary N) is 1. The second-order valence-corrected chi connectivity index (χ2v) is 6.78. The fraction of sp³-hybridized carbons (Fsp3) is 0.143. The Kier molecular flexibility index (Phi) is 6.19. The molecule has 4 rings (SSSR count). The SMILES string of the molecule is NC[C@@H](C(=O)Cc1ccc2cnccc2c1)c1ccc2c(c1)C=CB(O)N2.S. The average molecular weight is 391 g/mol. The standard InChI is InChI=1S/C21H20BN3O2.H2S/c23-12-19(16-3-4-20-17(11-16)5-7-22(27)25-20)21(26)10-14-1-2-18-13-24-8-6-15(18)9-14;/h1-9,11,13,19,25,27H,10,12,23H2;1H2/t19-;/m1./s1. The minimum Gasteiger partial charge on any atom is -0.429 e. The number of hydrogen-bond donors (Lipinski definition) is 3. The van der Waals surface area contributed by atoms with Crippen molar-refractivity contribution in [2.45, 2.75) is 12.3 Å². The van der Waals surface area contributed by atoms with E-state index >= 15 is 0 Å². The van der Waals surface area contributed by atoms with Crippen LogP contribution in [-0.2, 0) is 11.2 Å². The number of benzene rings is 2. The second-order valence-electron chi connectivity index (χ2n) is 6.78. The lowest BCUT2D eigenvalue weighted by atomic mass is 9.78. The fourth-order valence-electron chi connectivity index (χ4n) is 3.49. The molecule has 1 atom stereocenters. The predicted molar refractivity (Wildman–Crippen MR) is 120 cm³/mol. The Balaban J connectivity index is 0.00000225. The van der Waals surface area contributed by atoms with Gasteiger partial charge in [0.05, 0.1) is 5.92 Å². The van der Waals surface area contributed by atoms with Crippen molar-refractivity contribution < 1.29 is 9.82 Å². The molecule has 0 saturated carbocycles.